The molecule has 0 spiro atoms. The molecule has 0 bridgehead atoms. The standard InChI is InChI=1S/C29H25F2N7O4/c1-28(2,27(40)41)11-16-13-42-26(33-16)29(3)20-22(32)34-24(35-23(20)36-25(29)39)21-17-9-8-15(30)10-19(17)38(37-21)12-14-6-4-5-7-18(14)31/h4-10,13H,11-12H2,1-3H3,(H,40,41)(H3,32,34,35,36,39)/t29-/m0/s1. The Hall–Kier alpha value is -5.20. The van der Waals surface area contributed by atoms with E-state index in [9.17, 15) is 23.5 Å². The van der Waals surface area contributed by atoms with Crippen molar-refractivity contribution in [3.63, 3.8) is 0 Å². The molecule has 0 aliphatic carbocycles. The summed E-state index contributed by atoms with van der Waals surface area (Å²) >= 11 is 0. The number of hydrogen-bond acceptors (Lipinski definition) is 8. The third-order valence-electron chi connectivity index (χ3n) is 7.51. The lowest BCUT2D eigenvalue weighted by molar-refractivity contribution is -0.146. The van der Waals surface area contributed by atoms with Gasteiger partial charge in [0.25, 0.3) is 0 Å². The first-order valence-electron chi connectivity index (χ1n) is 13.0. The molecule has 0 saturated carbocycles. The number of carboxylic acids is 1. The molecule has 3 aromatic heterocycles. The number of aliphatic carboxylic acids is 1. The number of carbonyl (C=O) groups excluding carboxylic acids is 1. The van der Waals surface area contributed by atoms with Crippen LogP contribution in [-0.2, 0) is 28.0 Å². The molecule has 2 aromatic carbocycles. The number of nitrogens with one attached hydrogen (secondary N) is 1. The molecular formula is C29H25F2N7O4. The molecule has 1 aliphatic heterocycles. The van der Waals surface area contributed by atoms with Crippen LogP contribution in [0.2, 0.25) is 0 Å². The second-order valence-corrected chi connectivity index (χ2v) is 11.0. The van der Waals surface area contributed by atoms with Crippen LogP contribution in [0.25, 0.3) is 22.4 Å². The number of fused-ring (bicyclic) bond motifs is 2. The number of nitrogens with zero attached hydrogens (tertiary/aromatic N) is 5. The van der Waals surface area contributed by atoms with E-state index in [0.717, 1.165) is 0 Å². The molecule has 5 aromatic rings. The molecule has 4 N–H and O–H groups in total. The second-order valence-electron chi connectivity index (χ2n) is 11.0. The quantitative estimate of drug-likeness (QED) is 0.258. The summed E-state index contributed by atoms with van der Waals surface area (Å²) in [6.07, 6.45) is 1.39. The first kappa shape index (κ1) is 27.0. The van der Waals surface area contributed by atoms with Gasteiger partial charge in [-0.25, -0.2) is 23.7 Å². The lowest BCUT2D eigenvalue weighted by Gasteiger charge is -2.19. The van der Waals surface area contributed by atoms with Crippen LogP contribution < -0.4 is 11.1 Å². The number of nitrogens with two attached hydrogens (primary N) is 1. The van der Waals surface area contributed by atoms with Gasteiger partial charge < -0.3 is 20.6 Å². The third kappa shape index (κ3) is 4.24. The van der Waals surface area contributed by atoms with Gasteiger partial charge in [0.1, 0.15) is 35.2 Å². The molecule has 214 valence electrons. The van der Waals surface area contributed by atoms with E-state index < -0.39 is 34.3 Å². The normalized spacial score (nSPS) is 16.5. The van der Waals surface area contributed by atoms with Gasteiger partial charge in [0, 0.05) is 17.4 Å². The Morgan fingerprint density at radius 1 is 1.17 bits per heavy atom. The van der Waals surface area contributed by atoms with Crippen molar-refractivity contribution in [2.45, 2.75) is 39.2 Å². The largest absolute Gasteiger partial charge is 0.481 e. The SMILES string of the molecule is CC(C)(Cc1coc([C@]2(C)C(=O)Nc3nc(-c4nn(Cc5ccccc5F)c5cc(F)ccc45)nc(N)c32)n1)C(=O)O. The van der Waals surface area contributed by atoms with Crippen LogP contribution in [0.3, 0.4) is 0 Å². The Morgan fingerprint density at radius 2 is 1.93 bits per heavy atom. The van der Waals surface area contributed by atoms with Gasteiger partial charge in [-0.15, -0.1) is 0 Å². The zero-order valence-corrected chi connectivity index (χ0v) is 22.8. The van der Waals surface area contributed by atoms with Gasteiger partial charge in [-0.3, -0.25) is 14.3 Å². The van der Waals surface area contributed by atoms with E-state index in [4.69, 9.17) is 10.2 Å². The number of anilines is 2. The van der Waals surface area contributed by atoms with Gasteiger partial charge in [-0.1, -0.05) is 18.2 Å². The van der Waals surface area contributed by atoms with Crippen molar-refractivity contribution in [1.29, 1.82) is 0 Å². The summed E-state index contributed by atoms with van der Waals surface area (Å²) < 4.78 is 35.8. The average Bonchev–Trinajstić information content (AvgIpc) is 3.60. The topological polar surface area (TPSA) is 162 Å². The van der Waals surface area contributed by atoms with Crippen molar-refractivity contribution in [2.24, 2.45) is 5.41 Å². The van der Waals surface area contributed by atoms with E-state index in [1.807, 2.05) is 0 Å². The van der Waals surface area contributed by atoms with Crippen molar-refractivity contribution < 1.29 is 27.9 Å². The van der Waals surface area contributed by atoms with Gasteiger partial charge in [-0.05, 0) is 45.0 Å². The number of amides is 1. The van der Waals surface area contributed by atoms with E-state index in [1.165, 1.54) is 35.2 Å². The predicted molar refractivity (Wildman–Crippen MR) is 147 cm³/mol. The first-order valence-corrected chi connectivity index (χ1v) is 13.0. The molecule has 0 unspecified atom stereocenters. The molecular weight excluding hydrogens is 548 g/mol. The maximum Gasteiger partial charge on any atom is 0.309 e. The highest BCUT2D eigenvalue weighted by Crippen LogP contribution is 2.45. The number of rotatable bonds is 7. The van der Waals surface area contributed by atoms with Crippen molar-refractivity contribution >= 4 is 34.4 Å². The number of benzene rings is 2. The van der Waals surface area contributed by atoms with E-state index >= 15 is 0 Å². The summed E-state index contributed by atoms with van der Waals surface area (Å²) in [7, 11) is 0. The minimum absolute atomic E-state index is 0.00748. The Labute approximate surface area is 237 Å². The number of halogens is 2. The summed E-state index contributed by atoms with van der Waals surface area (Å²) in [4.78, 5) is 38.3. The van der Waals surface area contributed by atoms with Crippen LogP contribution in [-0.4, -0.2) is 41.7 Å². The Balaban J connectivity index is 1.42. The highest BCUT2D eigenvalue weighted by Gasteiger charge is 2.51. The molecule has 1 aliphatic rings. The minimum atomic E-state index is -1.50. The highest BCUT2D eigenvalue weighted by atomic mass is 19.1. The monoisotopic (exact) mass is 573 g/mol. The number of nitrogen functional groups attached to an aromatic ring is 1. The number of aromatic nitrogens is 5. The summed E-state index contributed by atoms with van der Waals surface area (Å²) in [6, 6.07) is 10.3. The third-order valence-corrected chi connectivity index (χ3v) is 7.51. The number of carboxylic acid groups (broad SMARTS) is 1. The zero-order chi connectivity index (χ0) is 30.0. The number of hydrogen-bond donors (Lipinski definition) is 3. The van der Waals surface area contributed by atoms with Gasteiger partial charge >= 0.3 is 5.97 Å². The fourth-order valence-corrected chi connectivity index (χ4v) is 5.08. The zero-order valence-electron chi connectivity index (χ0n) is 22.8. The Bertz CT molecular complexity index is 1920. The summed E-state index contributed by atoms with van der Waals surface area (Å²) in [5, 5.41) is 17.3. The molecule has 6 rings (SSSR count). The van der Waals surface area contributed by atoms with Crippen molar-refractivity contribution in [2.75, 3.05) is 11.1 Å². The first-order chi connectivity index (χ1) is 19.9. The summed E-state index contributed by atoms with van der Waals surface area (Å²) in [5.41, 5.74) is 5.41. The fourth-order valence-electron chi connectivity index (χ4n) is 5.08. The van der Waals surface area contributed by atoms with Crippen LogP contribution in [0.15, 0.2) is 53.1 Å². The summed E-state index contributed by atoms with van der Waals surface area (Å²) in [5.74, 6) is -2.30. The number of oxazole rings is 1. The lowest BCUT2D eigenvalue weighted by Crippen LogP contribution is -2.33. The molecule has 11 nitrogen and oxygen atoms in total. The van der Waals surface area contributed by atoms with Crippen molar-refractivity contribution in [3.8, 4) is 11.5 Å². The highest BCUT2D eigenvalue weighted by molar-refractivity contribution is 6.08. The molecule has 0 saturated heterocycles. The summed E-state index contributed by atoms with van der Waals surface area (Å²) in [6.45, 7) is 4.71. The van der Waals surface area contributed by atoms with Crippen LogP contribution >= 0.6 is 0 Å². The van der Waals surface area contributed by atoms with Gasteiger partial charge in [0.05, 0.1) is 28.7 Å². The van der Waals surface area contributed by atoms with Crippen LogP contribution in [0.1, 0.15) is 43.5 Å². The Kier molecular flexibility index (Phi) is 6.06. The van der Waals surface area contributed by atoms with E-state index in [0.29, 0.717) is 22.2 Å². The van der Waals surface area contributed by atoms with Gasteiger partial charge in [0.15, 0.2) is 11.2 Å². The van der Waals surface area contributed by atoms with Gasteiger partial charge in [0.2, 0.25) is 11.8 Å². The molecule has 4 heterocycles. The molecule has 1 atom stereocenters. The van der Waals surface area contributed by atoms with Crippen LogP contribution in [0.4, 0.5) is 20.4 Å². The van der Waals surface area contributed by atoms with Gasteiger partial charge in [-0.2, -0.15) is 5.10 Å². The van der Waals surface area contributed by atoms with Crippen molar-refractivity contribution in [1.82, 2.24) is 24.7 Å². The second kappa shape index (κ2) is 9.43. The lowest BCUT2D eigenvalue weighted by atomic mass is 9.84. The maximum absolute atomic E-state index is 14.4. The van der Waals surface area contributed by atoms with E-state index in [1.54, 1.807) is 39.0 Å². The van der Waals surface area contributed by atoms with Crippen molar-refractivity contribution in [3.05, 3.63) is 83.1 Å². The molecule has 0 fully saturated rings. The Morgan fingerprint density at radius 3 is 2.67 bits per heavy atom. The van der Waals surface area contributed by atoms with Crippen LogP contribution in [0, 0.1) is 17.0 Å². The molecule has 0 radical (unpaired) electrons. The maximum atomic E-state index is 14.4. The predicted octanol–water partition coefficient (Wildman–Crippen LogP) is 4.30. The fraction of sp³-hybridized carbons (Fsp3) is 0.241. The minimum Gasteiger partial charge on any atom is -0.481 e. The number of carbonyl (C=O) groups is 2. The molecule has 42 heavy (non-hydrogen) atoms. The molecule has 1 amide bonds. The average molecular weight is 574 g/mol. The van der Waals surface area contributed by atoms with Crippen LogP contribution in [0.5, 0.6) is 0 Å². The smallest absolute Gasteiger partial charge is 0.309 e. The molecule has 13 heteroatoms. The van der Waals surface area contributed by atoms with E-state index in [2.05, 4.69) is 25.4 Å². The van der Waals surface area contributed by atoms with E-state index in [-0.39, 0.29) is 47.6 Å².